The molecule has 0 radical (unpaired) electrons. The quantitative estimate of drug-likeness (QED) is 0.658. The van der Waals surface area contributed by atoms with Crippen LogP contribution >= 0.6 is 15.9 Å². The first kappa shape index (κ1) is 14.3. The number of nitrogen functional groups attached to an aromatic ring is 1. The van der Waals surface area contributed by atoms with Crippen molar-refractivity contribution in [1.29, 1.82) is 5.41 Å². The van der Waals surface area contributed by atoms with E-state index >= 15 is 0 Å². The zero-order valence-corrected chi connectivity index (χ0v) is 12.0. The first-order chi connectivity index (χ1) is 9.09. The van der Waals surface area contributed by atoms with E-state index < -0.39 is 5.82 Å². The Labute approximate surface area is 119 Å². The van der Waals surface area contributed by atoms with Crippen LogP contribution in [0.3, 0.4) is 0 Å². The van der Waals surface area contributed by atoms with Crippen LogP contribution in [0.25, 0.3) is 0 Å². The second-order valence-electron chi connectivity index (χ2n) is 4.45. The fourth-order valence-electron chi connectivity index (χ4n) is 1.97. The number of hydrogen-bond donors (Lipinski definition) is 2. The van der Waals surface area contributed by atoms with Gasteiger partial charge >= 0.3 is 0 Å². The molecule has 0 amide bonds. The molecule has 1 atom stereocenters. The minimum absolute atomic E-state index is 0.0272. The standard InChI is InChI=1S/C13H16BrFN2O2/c14-11-9(13(16)17)4-5-10(12(11)15)19-7-8-3-1-2-6-18-8/h4-5,8H,1-3,6-7H2,(H3,16,17). The third-order valence-electron chi connectivity index (χ3n) is 3.04. The Bertz CT molecular complexity index is 476. The molecular formula is C13H16BrFN2O2. The molecule has 104 valence electrons. The molecule has 1 aliphatic rings. The van der Waals surface area contributed by atoms with Crippen LogP contribution in [0.1, 0.15) is 24.8 Å². The minimum atomic E-state index is -0.538. The first-order valence-electron chi connectivity index (χ1n) is 6.16. The van der Waals surface area contributed by atoms with E-state index in [9.17, 15) is 4.39 Å². The molecular weight excluding hydrogens is 315 g/mol. The number of rotatable bonds is 4. The van der Waals surface area contributed by atoms with Crippen molar-refractivity contribution in [3.8, 4) is 5.75 Å². The summed E-state index contributed by atoms with van der Waals surface area (Å²) < 4.78 is 25.1. The molecule has 3 N–H and O–H groups in total. The van der Waals surface area contributed by atoms with E-state index in [1.165, 1.54) is 6.07 Å². The van der Waals surface area contributed by atoms with Crippen LogP contribution in [0.2, 0.25) is 0 Å². The number of nitrogens with two attached hydrogens (primary N) is 1. The summed E-state index contributed by atoms with van der Waals surface area (Å²) in [5, 5.41) is 7.33. The smallest absolute Gasteiger partial charge is 0.179 e. The Kier molecular flexibility index (Phi) is 4.76. The second kappa shape index (κ2) is 6.34. The summed E-state index contributed by atoms with van der Waals surface area (Å²) in [4.78, 5) is 0. The van der Waals surface area contributed by atoms with E-state index in [-0.39, 0.29) is 22.2 Å². The number of hydrogen-bond acceptors (Lipinski definition) is 3. The summed E-state index contributed by atoms with van der Waals surface area (Å²) in [5.41, 5.74) is 5.67. The van der Waals surface area contributed by atoms with Crippen molar-refractivity contribution in [2.75, 3.05) is 13.2 Å². The van der Waals surface area contributed by atoms with Gasteiger partial charge in [-0.25, -0.2) is 4.39 Å². The molecule has 1 heterocycles. The highest BCUT2D eigenvalue weighted by Crippen LogP contribution is 2.29. The lowest BCUT2D eigenvalue weighted by Crippen LogP contribution is -2.26. The monoisotopic (exact) mass is 330 g/mol. The predicted molar refractivity (Wildman–Crippen MR) is 74.2 cm³/mol. The van der Waals surface area contributed by atoms with Gasteiger partial charge in [0, 0.05) is 12.2 Å². The number of benzene rings is 1. The van der Waals surface area contributed by atoms with Crippen molar-refractivity contribution in [1.82, 2.24) is 0 Å². The molecule has 1 unspecified atom stereocenters. The van der Waals surface area contributed by atoms with Crippen LogP contribution in [-0.2, 0) is 4.74 Å². The molecule has 19 heavy (non-hydrogen) atoms. The van der Waals surface area contributed by atoms with E-state index in [1.54, 1.807) is 6.07 Å². The van der Waals surface area contributed by atoms with Crippen LogP contribution < -0.4 is 10.5 Å². The van der Waals surface area contributed by atoms with E-state index in [0.29, 0.717) is 12.2 Å². The molecule has 0 aromatic heterocycles. The summed E-state index contributed by atoms with van der Waals surface area (Å²) >= 11 is 3.09. The highest BCUT2D eigenvalue weighted by Gasteiger charge is 2.18. The van der Waals surface area contributed by atoms with E-state index in [2.05, 4.69) is 15.9 Å². The maximum Gasteiger partial charge on any atom is 0.179 e. The topological polar surface area (TPSA) is 68.3 Å². The Hall–Kier alpha value is -1.14. The van der Waals surface area contributed by atoms with Crippen molar-refractivity contribution < 1.29 is 13.9 Å². The van der Waals surface area contributed by atoms with E-state index in [4.69, 9.17) is 20.6 Å². The van der Waals surface area contributed by atoms with E-state index in [1.807, 2.05) is 0 Å². The van der Waals surface area contributed by atoms with Crippen molar-refractivity contribution in [3.05, 3.63) is 28.0 Å². The zero-order valence-electron chi connectivity index (χ0n) is 10.4. The lowest BCUT2D eigenvalue weighted by Gasteiger charge is -2.22. The SMILES string of the molecule is N=C(N)c1ccc(OCC2CCCCO2)c(F)c1Br. The Morgan fingerprint density at radius 2 is 2.32 bits per heavy atom. The summed E-state index contributed by atoms with van der Waals surface area (Å²) in [5.74, 6) is -0.581. The van der Waals surface area contributed by atoms with Gasteiger partial charge in [0.15, 0.2) is 11.6 Å². The van der Waals surface area contributed by atoms with Gasteiger partial charge in [-0.3, -0.25) is 5.41 Å². The van der Waals surface area contributed by atoms with Gasteiger partial charge in [0.1, 0.15) is 12.4 Å². The molecule has 1 aromatic rings. The number of halogens is 2. The largest absolute Gasteiger partial charge is 0.488 e. The molecule has 6 heteroatoms. The predicted octanol–water partition coefficient (Wildman–Crippen LogP) is 2.82. The third kappa shape index (κ3) is 3.45. The Morgan fingerprint density at radius 3 is 2.95 bits per heavy atom. The van der Waals surface area contributed by atoms with Gasteiger partial charge in [0.25, 0.3) is 0 Å². The van der Waals surface area contributed by atoms with Crippen LogP contribution in [0.15, 0.2) is 16.6 Å². The maximum absolute atomic E-state index is 14.0. The maximum atomic E-state index is 14.0. The van der Waals surface area contributed by atoms with Gasteiger partial charge in [-0.15, -0.1) is 0 Å². The fraction of sp³-hybridized carbons (Fsp3) is 0.462. The molecule has 0 saturated carbocycles. The average molecular weight is 331 g/mol. The van der Waals surface area contributed by atoms with Crippen LogP contribution in [0.4, 0.5) is 4.39 Å². The van der Waals surface area contributed by atoms with Gasteiger partial charge in [0.2, 0.25) is 0 Å². The molecule has 0 spiro atoms. The lowest BCUT2D eigenvalue weighted by molar-refractivity contribution is -0.0117. The normalized spacial score (nSPS) is 19.2. The average Bonchev–Trinajstić information content (AvgIpc) is 2.41. The van der Waals surface area contributed by atoms with E-state index in [0.717, 1.165) is 25.9 Å². The molecule has 1 aromatic carbocycles. The summed E-state index contributed by atoms with van der Waals surface area (Å²) in [6.45, 7) is 1.08. The molecule has 2 rings (SSSR count). The van der Waals surface area contributed by atoms with Gasteiger partial charge in [-0.2, -0.15) is 0 Å². The van der Waals surface area contributed by atoms with Crippen molar-refractivity contribution in [2.45, 2.75) is 25.4 Å². The molecule has 0 bridgehead atoms. The molecule has 1 fully saturated rings. The summed E-state index contributed by atoms with van der Waals surface area (Å²) in [7, 11) is 0. The zero-order chi connectivity index (χ0) is 13.8. The first-order valence-corrected chi connectivity index (χ1v) is 6.95. The van der Waals surface area contributed by atoms with Crippen LogP contribution in [-0.4, -0.2) is 25.2 Å². The van der Waals surface area contributed by atoms with Gasteiger partial charge in [0.05, 0.1) is 10.6 Å². The molecule has 1 aliphatic heterocycles. The third-order valence-corrected chi connectivity index (χ3v) is 3.81. The minimum Gasteiger partial charge on any atom is -0.488 e. The van der Waals surface area contributed by atoms with Crippen LogP contribution in [0, 0.1) is 11.2 Å². The van der Waals surface area contributed by atoms with Crippen molar-refractivity contribution in [3.63, 3.8) is 0 Å². The van der Waals surface area contributed by atoms with Gasteiger partial charge in [-0.1, -0.05) is 0 Å². The van der Waals surface area contributed by atoms with Crippen molar-refractivity contribution in [2.24, 2.45) is 5.73 Å². The number of amidine groups is 1. The highest BCUT2D eigenvalue weighted by molar-refractivity contribution is 9.10. The van der Waals surface area contributed by atoms with Gasteiger partial charge in [-0.05, 0) is 47.3 Å². The van der Waals surface area contributed by atoms with Crippen molar-refractivity contribution >= 4 is 21.8 Å². The lowest BCUT2D eigenvalue weighted by atomic mass is 10.1. The highest BCUT2D eigenvalue weighted by atomic mass is 79.9. The van der Waals surface area contributed by atoms with Crippen LogP contribution in [0.5, 0.6) is 5.75 Å². The second-order valence-corrected chi connectivity index (χ2v) is 5.25. The molecule has 1 saturated heterocycles. The number of nitrogens with one attached hydrogen (secondary N) is 1. The van der Waals surface area contributed by atoms with Gasteiger partial charge < -0.3 is 15.2 Å². The number of ether oxygens (including phenoxy) is 2. The fourth-order valence-corrected chi connectivity index (χ4v) is 2.51. The molecule has 0 aliphatic carbocycles. The summed E-state index contributed by atoms with van der Waals surface area (Å²) in [6, 6.07) is 3.05. The Balaban J connectivity index is 2.04. The summed E-state index contributed by atoms with van der Waals surface area (Å²) in [6.07, 6.45) is 3.15. The molecule has 4 nitrogen and oxygen atoms in total. The Morgan fingerprint density at radius 1 is 1.53 bits per heavy atom.